The van der Waals surface area contributed by atoms with Crippen LogP contribution in [0.25, 0.3) is 5.82 Å². The average molecular weight is 401 g/mol. The molecule has 0 aliphatic carbocycles. The molecule has 0 saturated heterocycles. The van der Waals surface area contributed by atoms with Crippen LogP contribution in [0.15, 0.2) is 21.6 Å². The normalized spacial score (nSPS) is 11.3. The SMILES string of the molecule is C=C(NS(=O)(=O)c1c(C(=O)N(C)C)csc1C)n1nc(OC)n(C)c1=O. The fourth-order valence-electron chi connectivity index (χ4n) is 2.19. The molecule has 0 fully saturated rings. The number of nitrogens with zero attached hydrogens (tertiary/aromatic N) is 4. The molecule has 12 heteroatoms. The van der Waals surface area contributed by atoms with Gasteiger partial charge in [-0.25, -0.2) is 17.8 Å². The highest BCUT2D eigenvalue weighted by atomic mass is 32.2. The number of sulfonamides is 1. The Labute approximate surface area is 154 Å². The van der Waals surface area contributed by atoms with Gasteiger partial charge in [0.2, 0.25) is 0 Å². The molecule has 1 amide bonds. The van der Waals surface area contributed by atoms with Crippen molar-refractivity contribution < 1.29 is 17.9 Å². The number of methoxy groups -OCH3 is 1. The highest BCUT2D eigenvalue weighted by molar-refractivity contribution is 7.90. The minimum Gasteiger partial charge on any atom is -0.467 e. The number of hydrogen-bond donors (Lipinski definition) is 1. The molecule has 2 heterocycles. The Balaban J connectivity index is 2.45. The van der Waals surface area contributed by atoms with E-state index in [9.17, 15) is 18.0 Å². The number of aryl methyl sites for hydroxylation is 1. The summed E-state index contributed by atoms with van der Waals surface area (Å²) in [6.07, 6.45) is 0. The van der Waals surface area contributed by atoms with E-state index in [1.165, 1.54) is 38.5 Å². The van der Waals surface area contributed by atoms with Crippen LogP contribution >= 0.6 is 11.3 Å². The number of ether oxygens (including phenoxy) is 1. The monoisotopic (exact) mass is 401 g/mol. The molecule has 0 radical (unpaired) electrons. The van der Waals surface area contributed by atoms with E-state index in [1.54, 1.807) is 6.92 Å². The molecule has 26 heavy (non-hydrogen) atoms. The van der Waals surface area contributed by atoms with Crippen molar-refractivity contribution in [3.8, 4) is 6.01 Å². The van der Waals surface area contributed by atoms with Gasteiger partial charge >= 0.3 is 11.7 Å². The maximum absolute atomic E-state index is 12.8. The predicted molar refractivity (Wildman–Crippen MR) is 96.7 cm³/mol. The summed E-state index contributed by atoms with van der Waals surface area (Å²) in [7, 11) is 1.63. The number of nitrogens with one attached hydrogen (secondary N) is 1. The molecule has 2 aromatic rings. The van der Waals surface area contributed by atoms with E-state index < -0.39 is 21.6 Å². The number of amides is 1. The van der Waals surface area contributed by atoms with Crippen LogP contribution in [0.3, 0.4) is 0 Å². The van der Waals surface area contributed by atoms with Crippen molar-refractivity contribution in [2.45, 2.75) is 11.8 Å². The van der Waals surface area contributed by atoms with Gasteiger partial charge in [0.05, 0.1) is 12.7 Å². The fraction of sp³-hybridized carbons (Fsp3) is 0.357. The maximum atomic E-state index is 12.8. The Morgan fingerprint density at radius 1 is 1.42 bits per heavy atom. The first-order valence-electron chi connectivity index (χ1n) is 7.23. The first-order valence-corrected chi connectivity index (χ1v) is 9.59. The largest absolute Gasteiger partial charge is 0.467 e. The van der Waals surface area contributed by atoms with Crippen molar-refractivity contribution in [2.75, 3.05) is 21.2 Å². The van der Waals surface area contributed by atoms with Gasteiger partial charge in [0.25, 0.3) is 15.9 Å². The van der Waals surface area contributed by atoms with Crippen LogP contribution in [-0.2, 0) is 17.1 Å². The van der Waals surface area contributed by atoms with Crippen LogP contribution in [0.5, 0.6) is 6.01 Å². The summed E-state index contributed by atoms with van der Waals surface area (Å²) in [5, 5.41) is 5.32. The van der Waals surface area contributed by atoms with Gasteiger partial charge in [-0.1, -0.05) is 6.58 Å². The van der Waals surface area contributed by atoms with Gasteiger partial charge in [-0.2, -0.15) is 4.68 Å². The Hall–Kier alpha value is -2.60. The van der Waals surface area contributed by atoms with Crippen LogP contribution in [-0.4, -0.2) is 54.8 Å². The highest BCUT2D eigenvalue weighted by Crippen LogP contribution is 2.28. The molecule has 0 bridgehead atoms. The second kappa shape index (κ2) is 6.96. The summed E-state index contributed by atoms with van der Waals surface area (Å²) in [6.45, 7) is 5.15. The number of carbonyl (C=O) groups is 1. The summed E-state index contributed by atoms with van der Waals surface area (Å²) in [5.41, 5.74) is -0.593. The molecule has 10 nitrogen and oxygen atoms in total. The van der Waals surface area contributed by atoms with Gasteiger partial charge in [-0.3, -0.25) is 9.52 Å². The van der Waals surface area contributed by atoms with Crippen molar-refractivity contribution in [3.63, 3.8) is 0 Å². The second-order valence-corrected chi connectivity index (χ2v) is 8.23. The topological polar surface area (TPSA) is 116 Å². The van der Waals surface area contributed by atoms with Crippen LogP contribution in [0, 0.1) is 6.92 Å². The van der Waals surface area contributed by atoms with Gasteiger partial charge in [0.15, 0.2) is 0 Å². The third kappa shape index (κ3) is 3.37. The van der Waals surface area contributed by atoms with Gasteiger partial charge < -0.3 is 9.64 Å². The summed E-state index contributed by atoms with van der Waals surface area (Å²) >= 11 is 1.14. The van der Waals surface area contributed by atoms with Crippen molar-refractivity contribution >= 4 is 33.1 Å². The van der Waals surface area contributed by atoms with E-state index >= 15 is 0 Å². The van der Waals surface area contributed by atoms with E-state index in [0.717, 1.165) is 20.6 Å². The number of rotatable bonds is 6. The number of thiophene rings is 1. The van der Waals surface area contributed by atoms with Gasteiger partial charge in [-0.05, 0) is 6.92 Å². The molecule has 0 unspecified atom stereocenters. The van der Waals surface area contributed by atoms with Crippen LogP contribution in [0.1, 0.15) is 15.2 Å². The molecule has 0 aliphatic heterocycles. The van der Waals surface area contributed by atoms with Crippen LogP contribution < -0.4 is 15.1 Å². The standard InChI is InChI=1S/C14H19N5O5S2/c1-8-11(10(7-25-8)12(20)17(3)4)26(22,23)16-9(2)19-14(21)18(5)13(15-19)24-6/h7,16H,2H2,1,3-6H3. The first-order chi connectivity index (χ1) is 12.0. The lowest BCUT2D eigenvalue weighted by Gasteiger charge is -2.13. The molecule has 0 spiro atoms. The van der Waals surface area contributed by atoms with Gasteiger partial charge in [0, 0.05) is 31.4 Å². The molecule has 2 aromatic heterocycles. The van der Waals surface area contributed by atoms with Gasteiger partial charge in [0.1, 0.15) is 10.7 Å². The number of carbonyl (C=O) groups excluding carboxylic acids is 1. The van der Waals surface area contributed by atoms with Crippen LogP contribution in [0.2, 0.25) is 0 Å². The zero-order chi connectivity index (χ0) is 19.8. The summed E-state index contributed by atoms with van der Waals surface area (Å²) < 4.78 is 34.6. The molecule has 1 N–H and O–H groups in total. The summed E-state index contributed by atoms with van der Waals surface area (Å²) in [6, 6.07) is -0.00876. The van der Waals surface area contributed by atoms with E-state index in [1.807, 2.05) is 0 Å². The lowest BCUT2D eigenvalue weighted by molar-refractivity contribution is 0.0824. The summed E-state index contributed by atoms with van der Waals surface area (Å²) in [4.78, 5) is 25.9. The van der Waals surface area contributed by atoms with Crippen molar-refractivity contribution in [2.24, 2.45) is 7.05 Å². The molecular weight excluding hydrogens is 382 g/mol. The Kier molecular flexibility index (Phi) is 5.28. The quantitative estimate of drug-likeness (QED) is 0.732. The molecule has 2 rings (SSSR count). The van der Waals surface area contributed by atoms with E-state index in [4.69, 9.17) is 4.74 Å². The van der Waals surface area contributed by atoms with Crippen molar-refractivity contribution in [3.05, 3.63) is 32.9 Å². The molecule has 142 valence electrons. The Morgan fingerprint density at radius 2 is 2.04 bits per heavy atom. The molecule has 0 aliphatic rings. The Morgan fingerprint density at radius 3 is 2.54 bits per heavy atom. The Bertz CT molecular complexity index is 1030. The van der Waals surface area contributed by atoms with Crippen molar-refractivity contribution in [1.29, 1.82) is 0 Å². The smallest absolute Gasteiger partial charge is 0.354 e. The average Bonchev–Trinajstić information content (AvgIpc) is 3.08. The zero-order valence-electron chi connectivity index (χ0n) is 14.9. The van der Waals surface area contributed by atoms with Crippen molar-refractivity contribution in [1.82, 2.24) is 24.0 Å². The van der Waals surface area contributed by atoms with Crippen LogP contribution in [0.4, 0.5) is 0 Å². The molecule has 0 saturated carbocycles. The highest BCUT2D eigenvalue weighted by Gasteiger charge is 2.29. The lowest BCUT2D eigenvalue weighted by Crippen LogP contribution is -2.33. The minimum absolute atomic E-state index is 0.00876. The van der Waals surface area contributed by atoms with E-state index in [0.29, 0.717) is 4.88 Å². The number of hydrogen-bond acceptors (Lipinski definition) is 7. The molecule has 0 atom stereocenters. The number of aromatic nitrogens is 3. The lowest BCUT2D eigenvalue weighted by atomic mass is 10.3. The predicted octanol–water partition coefficient (Wildman–Crippen LogP) is 0.0688. The van der Waals surface area contributed by atoms with Gasteiger partial charge in [-0.15, -0.1) is 16.4 Å². The third-order valence-electron chi connectivity index (χ3n) is 3.45. The summed E-state index contributed by atoms with van der Waals surface area (Å²) in [5.74, 6) is -0.736. The second-order valence-electron chi connectivity index (χ2n) is 5.53. The van der Waals surface area contributed by atoms with E-state index in [-0.39, 0.29) is 22.3 Å². The van der Waals surface area contributed by atoms with E-state index in [2.05, 4.69) is 16.4 Å². The third-order valence-corrected chi connectivity index (χ3v) is 6.06. The minimum atomic E-state index is -4.17. The molecule has 0 aromatic carbocycles. The zero-order valence-corrected chi connectivity index (χ0v) is 16.6. The maximum Gasteiger partial charge on any atom is 0.354 e. The fourth-order valence-corrected chi connectivity index (χ4v) is 4.78. The first kappa shape index (κ1) is 19.7. The molecular formula is C14H19N5O5S2.